The van der Waals surface area contributed by atoms with Crippen LogP contribution in [-0.4, -0.2) is 19.6 Å². The first-order chi connectivity index (χ1) is 7.13. The first kappa shape index (κ1) is 9.93. The van der Waals surface area contributed by atoms with Crippen LogP contribution in [0.2, 0.25) is 0 Å². The molecule has 76 valence electrons. The highest BCUT2D eigenvalue weighted by atomic mass is 79.9. The molecule has 2 rings (SSSR count). The van der Waals surface area contributed by atoms with E-state index in [1.165, 1.54) is 0 Å². The third-order valence-electron chi connectivity index (χ3n) is 2.07. The lowest BCUT2D eigenvalue weighted by Gasteiger charge is -2.00. The molecule has 2 aromatic rings. The zero-order valence-corrected chi connectivity index (χ0v) is 9.85. The third-order valence-corrected chi connectivity index (χ3v) is 2.48. The molecule has 0 N–H and O–H groups in total. The molecule has 0 unspecified atom stereocenters. The van der Waals surface area contributed by atoms with Gasteiger partial charge in [0.05, 0.1) is 16.4 Å². The molecular formula is C9H8BrN5. The van der Waals surface area contributed by atoms with Crippen LogP contribution in [0.4, 0.5) is 0 Å². The van der Waals surface area contributed by atoms with Crippen molar-refractivity contribution in [2.45, 2.75) is 6.92 Å². The Morgan fingerprint density at radius 3 is 2.80 bits per heavy atom. The Kier molecular flexibility index (Phi) is 2.32. The van der Waals surface area contributed by atoms with Gasteiger partial charge in [0, 0.05) is 13.2 Å². The van der Waals surface area contributed by atoms with Crippen molar-refractivity contribution in [2.24, 2.45) is 7.05 Å². The number of hydrogen-bond acceptors (Lipinski definition) is 3. The summed E-state index contributed by atoms with van der Waals surface area (Å²) in [4.78, 5) is 0. The summed E-state index contributed by atoms with van der Waals surface area (Å²) in [7, 11) is 1.79. The van der Waals surface area contributed by atoms with Crippen molar-refractivity contribution in [3.05, 3.63) is 28.1 Å². The molecule has 0 atom stereocenters. The van der Waals surface area contributed by atoms with Gasteiger partial charge in [-0.15, -0.1) is 0 Å². The van der Waals surface area contributed by atoms with Gasteiger partial charge in [-0.25, -0.2) is 9.36 Å². The van der Waals surface area contributed by atoms with Crippen LogP contribution in [0.3, 0.4) is 0 Å². The van der Waals surface area contributed by atoms with Crippen LogP contribution in [0, 0.1) is 18.3 Å². The van der Waals surface area contributed by atoms with Crippen molar-refractivity contribution in [1.82, 2.24) is 19.6 Å². The van der Waals surface area contributed by atoms with Crippen molar-refractivity contribution in [2.75, 3.05) is 0 Å². The second-order valence-electron chi connectivity index (χ2n) is 3.12. The van der Waals surface area contributed by atoms with Gasteiger partial charge in [0.15, 0.2) is 5.82 Å². The quantitative estimate of drug-likeness (QED) is 0.786. The minimum atomic E-state index is 0.549. The van der Waals surface area contributed by atoms with Gasteiger partial charge in [0.25, 0.3) is 0 Å². The molecule has 0 saturated carbocycles. The van der Waals surface area contributed by atoms with Crippen molar-refractivity contribution < 1.29 is 0 Å². The standard InChI is InChI=1S/C9H8BrN5/c1-6-8(3-11)9(14(2)13-6)15-5-7(10)4-12-15/h4-5H,1-2H3. The Balaban J connectivity index is 2.67. The molecular weight excluding hydrogens is 258 g/mol. The minimum absolute atomic E-state index is 0.549. The molecule has 0 bridgehead atoms. The molecule has 0 radical (unpaired) electrons. The molecule has 0 spiro atoms. The Morgan fingerprint density at radius 1 is 1.53 bits per heavy atom. The van der Waals surface area contributed by atoms with Gasteiger partial charge >= 0.3 is 0 Å². The monoisotopic (exact) mass is 265 g/mol. The number of nitrogens with zero attached hydrogens (tertiary/aromatic N) is 5. The Morgan fingerprint density at radius 2 is 2.27 bits per heavy atom. The lowest BCUT2D eigenvalue weighted by molar-refractivity contribution is 0.693. The van der Waals surface area contributed by atoms with E-state index in [1.807, 2.05) is 0 Å². The molecule has 0 saturated heterocycles. The van der Waals surface area contributed by atoms with Crippen LogP contribution >= 0.6 is 15.9 Å². The van der Waals surface area contributed by atoms with Crippen LogP contribution in [0.5, 0.6) is 0 Å². The van der Waals surface area contributed by atoms with Crippen molar-refractivity contribution in [3.8, 4) is 11.9 Å². The highest BCUT2D eigenvalue weighted by Crippen LogP contribution is 2.18. The number of halogens is 1. The summed E-state index contributed by atoms with van der Waals surface area (Å²) in [5, 5.41) is 17.3. The van der Waals surface area contributed by atoms with Crippen LogP contribution < -0.4 is 0 Å². The predicted molar refractivity (Wildman–Crippen MR) is 57.5 cm³/mol. The number of rotatable bonds is 1. The Labute approximate surface area is 95.1 Å². The molecule has 0 aromatic carbocycles. The van der Waals surface area contributed by atoms with E-state index < -0.39 is 0 Å². The van der Waals surface area contributed by atoms with E-state index in [9.17, 15) is 0 Å². The number of hydrogen-bond donors (Lipinski definition) is 0. The van der Waals surface area contributed by atoms with Gasteiger partial charge in [0.1, 0.15) is 11.6 Å². The van der Waals surface area contributed by atoms with Crippen LogP contribution in [-0.2, 0) is 7.05 Å². The van der Waals surface area contributed by atoms with Crippen LogP contribution in [0.25, 0.3) is 5.82 Å². The molecule has 15 heavy (non-hydrogen) atoms. The minimum Gasteiger partial charge on any atom is -0.250 e. The first-order valence-electron chi connectivity index (χ1n) is 4.27. The normalized spacial score (nSPS) is 10.3. The zero-order chi connectivity index (χ0) is 11.0. The fraction of sp³-hybridized carbons (Fsp3) is 0.222. The molecule has 0 aliphatic carbocycles. The summed E-state index contributed by atoms with van der Waals surface area (Å²) < 4.78 is 4.14. The Hall–Kier alpha value is -1.61. The summed E-state index contributed by atoms with van der Waals surface area (Å²) in [6, 6.07) is 2.13. The molecule has 6 heteroatoms. The topological polar surface area (TPSA) is 59.4 Å². The van der Waals surface area contributed by atoms with Gasteiger partial charge < -0.3 is 0 Å². The lowest BCUT2D eigenvalue weighted by atomic mass is 10.3. The third kappa shape index (κ3) is 1.55. The highest BCUT2D eigenvalue weighted by molar-refractivity contribution is 9.10. The molecule has 2 heterocycles. The lowest BCUT2D eigenvalue weighted by Crippen LogP contribution is -2.04. The second kappa shape index (κ2) is 3.51. The molecule has 0 fully saturated rings. The fourth-order valence-electron chi connectivity index (χ4n) is 1.46. The van der Waals surface area contributed by atoms with E-state index in [0.29, 0.717) is 17.1 Å². The molecule has 0 aliphatic rings. The highest BCUT2D eigenvalue weighted by Gasteiger charge is 2.15. The van der Waals surface area contributed by atoms with E-state index in [1.54, 1.807) is 35.7 Å². The molecule has 0 amide bonds. The second-order valence-corrected chi connectivity index (χ2v) is 4.04. The predicted octanol–water partition coefficient (Wildman–Crippen LogP) is 1.55. The smallest absolute Gasteiger partial charge is 0.169 e. The number of nitriles is 1. The molecule has 5 nitrogen and oxygen atoms in total. The molecule has 2 aromatic heterocycles. The summed E-state index contributed by atoms with van der Waals surface area (Å²) >= 11 is 3.31. The van der Waals surface area contributed by atoms with Gasteiger partial charge in [-0.1, -0.05) is 0 Å². The molecule has 0 aliphatic heterocycles. The van der Waals surface area contributed by atoms with Gasteiger partial charge in [0.2, 0.25) is 0 Å². The fourth-order valence-corrected chi connectivity index (χ4v) is 1.74. The number of aromatic nitrogens is 4. The van der Waals surface area contributed by atoms with E-state index in [2.05, 4.69) is 32.2 Å². The van der Waals surface area contributed by atoms with Gasteiger partial charge in [-0.2, -0.15) is 15.5 Å². The summed E-state index contributed by atoms with van der Waals surface area (Å²) in [6.45, 7) is 1.81. The van der Waals surface area contributed by atoms with E-state index in [0.717, 1.165) is 4.47 Å². The Bertz CT molecular complexity index is 545. The van der Waals surface area contributed by atoms with E-state index >= 15 is 0 Å². The van der Waals surface area contributed by atoms with Crippen molar-refractivity contribution in [1.29, 1.82) is 5.26 Å². The number of aryl methyl sites for hydroxylation is 2. The summed E-state index contributed by atoms with van der Waals surface area (Å²) in [6.07, 6.45) is 3.46. The SMILES string of the molecule is Cc1nn(C)c(-n2cc(Br)cn2)c1C#N. The first-order valence-corrected chi connectivity index (χ1v) is 5.07. The maximum absolute atomic E-state index is 9.02. The van der Waals surface area contributed by atoms with Crippen molar-refractivity contribution >= 4 is 15.9 Å². The van der Waals surface area contributed by atoms with E-state index in [4.69, 9.17) is 5.26 Å². The van der Waals surface area contributed by atoms with Crippen LogP contribution in [0.1, 0.15) is 11.3 Å². The van der Waals surface area contributed by atoms with Crippen molar-refractivity contribution in [3.63, 3.8) is 0 Å². The maximum atomic E-state index is 9.02. The maximum Gasteiger partial charge on any atom is 0.169 e. The average molecular weight is 266 g/mol. The van der Waals surface area contributed by atoms with Crippen LogP contribution in [0.15, 0.2) is 16.9 Å². The summed E-state index contributed by atoms with van der Waals surface area (Å²) in [5.74, 6) is 0.681. The average Bonchev–Trinajstić information content (AvgIpc) is 2.70. The van der Waals surface area contributed by atoms with Gasteiger partial charge in [-0.3, -0.25) is 0 Å². The zero-order valence-electron chi connectivity index (χ0n) is 8.27. The van der Waals surface area contributed by atoms with E-state index in [-0.39, 0.29) is 0 Å². The van der Waals surface area contributed by atoms with Gasteiger partial charge in [-0.05, 0) is 22.9 Å². The largest absolute Gasteiger partial charge is 0.250 e. The summed E-state index contributed by atoms with van der Waals surface area (Å²) in [5.41, 5.74) is 1.26.